The Morgan fingerprint density at radius 3 is 2.48 bits per heavy atom. The van der Waals surface area contributed by atoms with Crippen LogP contribution >= 0.6 is 0 Å². The number of nitrogens with zero attached hydrogens (tertiary/aromatic N) is 1. The van der Waals surface area contributed by atoms with E-state index in [1.807, 2.05) is 32.0 Å². The molecule has 2 aromatic carbocycles. The summed E-state index contributed by atoms with van der Waals surface area (Å²) >= 11 is 0. The number of amides is 1. The van der Waals surface area contributed by atoms with Gasteiger partial charge in [0, 0.05) is 17.8 Å². The highest BCUT2D eigenvalue weighted by molar-refractivity contribution is 5.92. The number of aryl methyl sites for hydroxylation is 3. The third-order valence-corrected chi connectivity index (χ3v) is 3.38. The molecule has 1 amide bonds. The minimum Gasteiger partial charge on any atom is -0.483 e. The number of nitrogens with one attached hydrogen (secondary N) is 1. The zero-order valence-corrected chi connectivity index (χ0v) is 13.3. The smallest absolute Gasteiger partial charge is 0.269 e. The van der Waals surface area contributed by atoms with Gasteiger partial charge in [0.1, 0.15) is 5.75 Å². The number of carbonyl (C=O) groups is 1. The molecule has 0 aliphatic carbocycles. The second-order valence-corrected chi connectivity index (χ2v) is 5.36. The topological polar surface area (TPSA) is 81.5 Å². The van der Waals surface area contributed by atoms with Crippen molar-refractivity contribution < 1.29 is 14.5 Å². The van der Waals surface area contributed by atoms with Crippen LogP contribution < -0.4 is 10.1 Å². The minimum atomic E-state index is -0.469. The molecule has 0 aromatic heterocycles. The molecule has 0 unspecified atom stereocenters. The fourth-order valence-corrected chi connectivity index (χ4v) is 2.19. The van der Waals surface area contributed by atoms with Gasteiger partial charge in [-0.2, -0.15) is 0 Å². The van der Waals surface area contributed by atoms with Gasteiger partial charge in [-0.25, -0.2) is 0 Å². The molecule has 1 N–H and O–H groups in total. The highest BCUT2D eigenvalue weighted by Crippen LogP contribution is 2.23. The van der Waals surface area contributed by atoms with Crippen LogP contribution in [-0.2, 0) is 4.79 Å². The number of benzene rings is 2. The number of carbonyl (C=O) groups excluding carboxylic acids is 1. The maximum atomic E-state index is 12.0. The maximum absolute atomic E-state index is 12.0. The molecular formula is C17H18N2O4. The van der Waals surface area contributed by atoms with Crippen molar-refractivity contribution in [2.24, 2.45) is 0 Å². The van der Waals surface area contributed by atoms with Crippen LogP contribution in [0.2, 0.25) is 0 Å². The van der Waals surface area contributed by atoms with E-state index in [4.69, 9.17) is 4.74 Å². The monoisotopic (exact) mass is 314 g/mol. The van der Waals surface area contributed by atoms with Crippen molar-refractivity contribution in [1.29, 1.82) is 0 Å². The van der Waals surface area contributed by atoms with Crippen molar-refractivity contribution in [3.8, 4) is 5.75 Å². The van der Waals surface area contributed by atoms with Gasteiger partial charge < -0.3 is 10.1 Å². The Morgan fingerprint density at radius 2 is 1.87 bits per heavy atom. The third-order valence-electron chi connectivity index (χ3n) is 3.38. The average Bonchev–Trinajstić information content (AvgIpc) is 2.48. The lowest BCUT2D eigenvalue weighted by atomic mass is 10.1. The highest BCUT2D eigenvalue weighted by atomic mass is 16.6. The first-order valence-electron chi connectivity index (χ1n) is 7.12. The van der Waals surface area contributed by atoms with E-state index in [1.165, 1.54) is 18.2 Å². The molecule has 0 saturated carbocycles. The Hall–Kier alpha value is -2.89. The molecule has 0 fully saturated rings. The number of anilines is 1. The standard InChI is InChI=1S/C17H18N2O4/c1-11-4-6-15(12(2)8-11)18-17(20)10-23-16-7-5-14(19(21)22)9-13(16)3/h4-9H,10H2,1-3H3,(H,18,20). The fraction of sp³-hybridized carbons (Fsp3) is 0.235. The minimum absolute atomic E-state index is 0.00502. The van der Waals surface area contributed by atoms with Crippen LogP contribution in [0.3, 0.4) is 0 Å². The molecule has 0 radical (unpaired) electrons. The van der Waals surface area contributed by atoms with E-state index in [9.17, 15) is 14.9 Å². The van der Waals surface area contributed by atoms with Gasteiger partial charge in [-0.15, -0.1) is 0 Å². The van der Waals surface area contributed by atoms with Gasteiger partial charge in [0.25, 0.3) is 11.6 Å². The predicted molar refractivity (Wildman–Crippen MR) is 87.9 cm³/mol. The Bertz CT molecular complexity index is 756. The van der Waals surface area contributed by atoms with Gasteiger partial charge >= 0.3 is 0 Å². The summed E-state index contributed by atoms with van der Waals surface area (Å²) in [6.07, 6.45) is 0. The lowest BCUT2D eigenvalue weighted by Crippen LogP contribution is -2.20. The summed E-state index contributed by atoms with van der Waals surface area (Å²) in [5, 5.41) is 13.5. The van der Waals surface area contributed by atoms with Gasteiger partial charge in [-0.3, -0.25) is 14.9 Å². The van der Waals surface area contributed by atoms with Crippen molar-refractivity contribution >= 4 is 17.3 Å². The number of nitro groups is 1. The van der Waals surface area contributed by atoms with Crippen LogP contribution in [0.25, 0.3) is 0 Å². The molecule has 0 saturated heterocycles. The van der Waals surface area contributed by atoms with Crippen molar-refractivity contribution in [3.63, 3.8) is 0 Å². The third kappa shape index (κ3) is 4.29. The summed E-state index contributed by atoms with van der Waals surface area (Å²) < 4.78 is 5.43. The molecule has 0 atom stereocenters. The average molecular weight is 314 g/mol. The predicted octanol–water partition coefficient (Wildman–Crippen LogP) is 3.54. The van der Waals surface area contributed by atoms with E-state index in [0.717, 1.165) is 16.8 Å². The molecule has 0 bridgehead atoms. The summed E-state index contributed by atoms with van der Waals surface area (Å²) in [5.74, 6) is 0.168. The van der Waals surface area contributed by atoms with E-state index in [1.54, 1.807) is 6.92 Å². The Kier molecular flexibility index (Phi) is 4.95. The number of rotatable bonds is 5. The van der Waals surface area contributed by atoms with E-state index in [0.29, 0.717) is 11.3 Å². The molecule has 6 heteroatoms. The van der Waals surface area contributed by atoms with Crippen molar-refractivity contribution in [3.05, 3.63) is 63.2 Å². The Morgan fingerprint density at radius 1 is 1.13 bits per heavy atom. The first-order chi connectivity index (χ1) is 10.9. The van der Waals surface area contributed by atoms with Gasteiger partial charge in [0.2, 0.25) is 0 Å². The Labute approximate surface area is 134 Å². The molecule has 6 nitrogen and oxygen atoms in total. The van der Waals surface area contributed by atoms with Crippen LogP contribution in [-0.4, -0.2) is 17.4 Å². The van der Waals surface area contributed by atoms with Crippen LogP contribution in [0.15, 0.2) is 36.4 Å². The summed E-state index contributed by atoms with van der Waals surface area (Å²) in [5.41, 5.74) is 3.45. The number of non-ortho nitro benzene ring substituents is 1. The second-order valence-electron chi connectivity index (χ2n) is 5.36. The summed E-state index contributed by atoms with van der Waals surface area (Å²) in [6.45, 7) is 5.44. The molecule has 0 aliphatic rings. The largest absolute Gasteiger partial charge is 0.483 e. The molecule has 23 heavy (non-hydrogen) atoms. The summed E-state index contributed by atoms with van der Waals surface area (Å²) in [4.78, 5) is 22.2. The molecule has 0 aliphatic heterocycles. The van der Waals surface area contributed by atoms with E-state index >= 15 is 0 Å². The molecule has 0 spiro atoms. The van der Waals surface area contributed by atoms with Gasteiger partial charge in [-0.1, -0.05) is 17.7 Å². The zero-order valence-electron chi connectivity index (χ0n) is 13.3. The van der Waals surface area contributed by atoms with Crippen molar-refractivity contribution in [1.82, 2.24) is 0 Å². The number of nitro benzene ring substituents is 1. The molecule has 0 heterocycles. The first kappa shape index (κ1) is 16.5. The fourth-order valence-electron chi connectivity index (χ4n) is 2.19. The summed E-state index contributed by atoms with van der Waals surface area (Å²) in [7, 11) is 0. The normalized spacial score (nSPS) is 10.2. The Balaban J connectivity index is 1.98. The lowest BCUT2D eigenvalue weighted by molar-refractivity contribution is -0.384. The number of hydrogen-bond donors (Lipinski definition) is 1. The quantitative estimate of drug-likeness (QED) is 0.676. The van der Waals surface area contributed by atoms with E-state index in [2.05, 4.69) is 5.32 Å². The number of hydrogen-bond acceptors (Lipinski definition) is 4. The first-order valence-corrected chi connectivity index (χ1v) is 7.12. The zero-order chi connectivity index (χ0) is 17.0. The van der Waals surface area contributed by atoms with Crippen LogP contribution in [0, 0.1) is 30.9 Å². The van der Waals surface area contributed by atoms with Crippen LogP contribution in [0.4, 0.5) is 11.4 Å². The number of ether oxygens (including phenoxy) is 1. The molecule has 2 rings (SSSR count). The molecule has 120 valence electrons. The van der Waals surface area contributed by atoms with Gasteiger partial charge in [-0.05, 0) is 44.0 Å². The SMILES string of the molecule is Cc1ccc(NC(=O)COc2ccc([N+](=O)[O-])cc2C)c(C)c1. The van der Waals surface area contributed by atoms with Crippen molar-refractivity contribution in [2.45, 2.75) is 20.8 Å². The molecule has 2 aromatic rings. The van der Waals surface area contributed by atoms with E-state index in [-0.39, 0.29) is 18.2 Å². The van der Waals surface area contributed by atoms with E-state index < -0.39 is 4.92 Å². The van der Waals surface area contributed by atoms with Gasteiger partial charge in [0.15, 0.2) is 6.61 Å². The second kappa shape index (κ2) is 6.91. The van der Waals surface area contributed by atoms with Crippen LogP contribution in [0.5, 0.6) is 5.75 Å². The van der Waals surface area contributed by atoms with Crippen LogP contribution in [0.1, 0.15) is 16.7 Å². The molecular weight excluding hydrogens is 296 g/mol. The highest BCUT2D eigenvalue weighted by Gasteiger charge is 2.11. The van der Waals surface area contributed by atoms with Crippen molar-refractivity contribution in [2.75, 3.05) is 11.9 Å². The maximum Gasteiger partial charge on any atom is 0.269 e. The lowest BCUT2D eigenvalue weighted by Gasteiger charge is -2.11. The van der Waals surface area contributed by atoms with Gasteiger partial charge in [0.05, 0.1) is 4.92 Å². The summed E-state index contributed by atoms with van der Waals surface area (Å²) in [6, 6.07) is 10.0.